The Morgan fingerprint density at radius 2 is 1.90 bits per heavy atom. The maximum atomic E-state index is 13.2. The van der Waals surface area contributed by atoms with E-state index in [1.54, 1.807) is 6.07 Å². The lowest BCUT2D eigenvalue weighted by Gasteiger charge is -2.15. The Bertz CT molecular complexity index is 574. The fraction of sp³-hybridized carbons (Fsp3) is 0.231. The third-order valence-electron chi connectivity index (χ3n) is 2.79. The van der Waals surface area contributed by atoms with Crippen molar-refractivity contribution in [3.05, 3.63) is 53.5 Å². The summed E-state index contributed by atoms with van der Waals surface area (Å²) in [7, 11) is 1.49. The van der Waals surface area contributed by atoms with Crippen molar-refractivity contribution in [2.45, 2.75) is 12.5 Å². The van der Waals surface area contributed by atoms with Gasteiger partial charge in [0.05, 0.1) is 18.8 Å². The Hall–Kier alpha value is -2.12. The summed E-state index contributed by atoms with van der Waals surface area (Å²) in [6, 6.07) is 4.54. The maximum absolute atomic E-state index is 13.2. The van der Waals surface area contributed by atoms with Crippen molar-refractivity contribution < 1.29 is 13.5 Å². The zero-order valence-corrected chi connectivity index (χ0v) is 10.8. The molecule has 0 aliphatic rings. The molecule has 0 aliphatic heterocycles. The Morgan fingerprint density at radius 3 is 2.50 bits per heavy atom. The quantitative estimate of drug-likeness (QED) is 0.641. The highest BCUT2D eigenvalue weighted by atomic mass is 19.1. The van der Waals surface area contributed by atoms with Crippen LogP contribution >= 0.6 is 0 Å². The minimum Gasteiger partial charge on any atom is -0.481 e. The lowest BCUT2D eigenvalue weighted by atomic mass is 10.0. The molecule has 0 amide bonds. The fourth-order valence-electron chi connectivity index (χ4n) is 1.87. The number of nitrogens with zero attached hydrogens (tertiary/aromatic N) is 2. The van der Waals surface area contributed by atoms with Gasteiger partial charge in [-0.1, -0.05) is 0 Å². The van der Waals surface area contributed by atoms with Crippen molar-refractivity contribution in [3.8, 4) is 5.88 Å². The number of methoxy groups -OCH3 is 1. The molecule has 1 heterocycles. The number of nitrogens with two attached hydrogens (primary N) is 1. The van der Waals surface area contributed by atoms with E-state index in [0.717, 1.165) is 6.07 Å². The number of hydrogen-bond donors (Lipinski definition) is 2. The zero-order chi connectivity index (χ0) is 14.5. The van der Waals surface area contributed by atoms with Crippen LogP contribution in [0.1, 0.15) is 17.3 Å². The number of rotatable bonds is 5. The van der Waals surface area contributed by atoms with E-state index in [1.165, 1.54) is 25.6 Å². The molecule has 20 heavy (non-hydrogen) atoms. The first-order chi connectivity index (χ1) is 9.62. The van der Waals surface area contributed by atoms with E-state index in [0.29, 0.717) is 17.1 Å². The summed E-state index contributed by atoms with van der Waals surface area (Å²) in [6.45, 7) is 0. The van der Waals surface area contributed by atoms with Gasteiger partial charge in [0, 0.05) is 12.1 Å². The first-order valence-electron chi connectivity index (χ1n) is 5.89. The highest BCUT2D eigenvalue weighted by Crippen LogP contribution is 2.19. The van der Waals surface area contributed by atoms with E-state index in [4.69, 9.17) is 10.6 Å². The molecule has 0 aliphatic carbocycles. The van der Waals surface area contributed by atoms with Gasteiger partial charge in [0.1, 0.15) is 18.0 Å². The van der Waals surface area contributed by atoms with Crippen molar-refractivity contribution in [3.63, 3.8) is 0 Å². The minimum atomic E-state index is -0.629. The van der Waals surface area contributed by atoms with Crippen LogP contribution < -0.4 is 16.0 Å². The second-order valence-corrected chi connectivity index (χ2v) is 4.19. The number of aromatic nitrogens is 2. The van der Waals surface area contributed by atoms with Crippen LogP contribution in [0.2, 0.25) is 0 Å². The van der Waals surface area contributed by atoms with Crippen molar-refractivity contribution in [2.24, 2.45) is 5.84 Å². The fourth-order valence-corrected chi connectivity index (χ4v) is 1.87. The molecule has 1 aromatic heterocycles. The molecule has 5 nitrogen and oxygen atoms in total. The first-order valence-corrected chi connectivity index (χ1v) is 5.89. The SMILES string of the molecule is COc1cc(C(Cc2cc(F)cc(F)c2)NN)ncn1. The normalized spacial score (nSPS) is 12.2. The summed E-state index contributed by atoms with van der Waals surface area (Å²) in [4.78, 5) is 7.97. The molecule has 7 heteroatoms. The van der Waals surface area contributed by atoms with Crippen LogP contribution in [0, 0.1) is 11.6 Å². The largest absolute Gasteiger partial charge is 0.481 e. The number of halogens is 2. The average molecular weight is 280 g/mol. The second-order valence-electron chi connectivity index (χ2n) is 4.19. The summed E-state index contributed by atoms with van der Waals surface area (Å²) in [5.74, 6) is 4.61. The van der Waals surface area contributed by atoms with E-state index in [-0.39, 0.29) is 6.42 Å². The summed E-state index contributed by atoms with van der Waals surface area (Å²) in [5.41, 5.74) is 3.61. The summed E-state index contributed by atoms with van der Waals surface area (Å²) in [6.07, 6.45) is 1.62. The summed E-state index contributed by atoms with van der Waals surface area (Å²) >= 11 is 0. The van der Waals surface area contributed by atoms with E-state index in [1.807, 2.05) is 0 Å². The Morgan fingerprint density at radius 1 is 1.20 bits per heavy atom. The van der Waals surface area contributed by atoms with Gasteiger partial charge >= 0.3 is 0 Å². The molecule has 1 unspecified atom stereocenters. The predicted octanol–water partition coefficient (Wildman–Crippen LogP) is 1.51. The van der Waals surface area contributed by atoms with Gasteiger partial charge in [-0.3, -0.25) is 11.3 Å². The smallest absolute Gasteiger partial charge is 0.216 e. The molecule has 0 spiro atoms. The van der Waals surface area contributed by atoms with Gasteiger partial charge < -0.3 is 4.74 Å². The molecule has 0 bridgehead atoms. The summed E-state index contributed by atoms with van der Waals surface area (Å²) in [5, 5.41) is 0. The number of ether oxygens (including phenoxy) is 1. The second kappa shape index (κ2) is 6.36. The molecule has 0 saturated heterocycles. The lowest BCUT2D eigenvalue weighted by molar-refractivity contribution is 0.393. The molecular formula is C13H14F2N4O. The van der Waals surface area contributed by atoms with Crippen molar-refractivity contribution in [1.82, 2.24) is 15.4 Å². The van der Waals surface area contributed by atoms with Gasteiger partial charge in [0.2, 0.25) is 5.88 Å². The van der Waals surface area contributed by atoms with Crippen molar-refractivity contribution in [2.75, 3.05) is 7.11 Å². The lowest BCUT2D eigenvalue weighted by Crippen LogP contribution is -2.30. The standard InChI is InChI=1S/C13H14F2N4O/c1-20-13-6-11(17-7-18-13)12(19-16)4-8-2-9(14)5-10(15)3-8/h2-3,5-7,12,19H,4,16H2,1H3. The Balaban J connectivity index is 2.23. The topological polar surface area (TPSA) is 73.1 Å². The van der Waals surface area contributed by atoms with Gasteiger partial charge in [0.15, 0.2) is 0 Å². The number of benzene rings is 1. The van der Waals surface area contributed by atoms with Gasteiger partial charge in [-0.2, -0.15) is 0 Å². The molecule has 1 atom stereocenters. The highest BCUT2D eigenvalue weighted by Gasteiger charge is 2.14. The molecule has 106 valence electrons. The van der Waals surface area contributed by atoms with Crippen LogP contribution in [0.15, 0.2) is 30.6 Å². The minimum absolute atomic E-state index is 0.283. The third kappa shape index (κ3) is 3.46. The van der Waals surface area contributed by atoms with Gasteiger partial charge in [-0.25, -0.2) is 18.7 Å². The molecule has 0 radical (unpaired) electrons. The number of hydrogen-bond acceptors (Lipinski definition) is 5. The van der Waals surface area contributed by atoms with Gasteiger partial charge in [0.25, 0.3) is 0 Å². The predicted molar refractivity (Wildman–Crippen MR) is 68.7 cm³/mol. The average Bonchev–Trinajstić information content (AvgIpc) is 2.44. The van der Waals surface area contributed by atoms with Crippen LogP contribution in [-0.2, 0) is 6.42 Å². The van der Waals surface area contributed by atoms with E-state index in [9.17, 15) is 8.78 Å². The monoisotopic (exact) mass is 280 g/mol. The van der Waals surface area contributed by atoms with Gasteiger partial charge in [-0.05, 0) is 24.1 Å². The van der Waals surface area contributed by atoms with Crippen LogP contribution in [0.4, 0.5) is 8.78 Å². The van der Waals surface area contributed by atoms with Gasteiger partial charge in [-0.15, -0.1) is 0 Å². The van der Waals surface area contributed by atoms with E-state index < -0.39 is 17.7 Å². The number of nitrogens with one attached hydrogen (secondary N) is 1. The first kappa shape index (κ1) is 14.3. The Labute approximate surface area is 114 Å². The molecule has 0 saturated carbocycles. The maximum Gasteiger partial charge on any atom is 0.216 e. The Kier molecular flexibility index (Phi) is 4.54. The van der Waals surface area contributed by atoms with E-state index >= 15 is 0 Å². The molecule has 3 N–H and O–H groups in total. The molecule has 0 fully saturated rings. The van der Waals surface area contributed by atoms with Crippen molar-refractivity contribution in [1.29, 1.82) is 0 Å². The van der Waals surface area contributed by atoms with Crippen LogP contribution in [0.25, 0.3) is 0 Å². The number of hydrazine groups is 1. The van der Waals surface area contributed by atoms with E-state index in [2.05, 4.69) is 15.4 Å². The highest BCUT2D eigenvalue weighted by molar-refractivity contribution is 5.23. The van der Waals surface area contributed by atoms with Crippen LogP contribution in [0.3, 0.4) is 0 Å². The zero-order valence-electron chi connectivity index (χ0n) is 10.8. The van der Waals surface area contributed by atoms with Crippen molar-refractivity contribution >= 4 is 0 Å². The molecule has 2 aromatic rings. The summed E-state index contributed by atoms with van der Waals surface area (Å²) < 4.78 is 31.3. The van der Waals surface area contributed by atoms with Crippen LogP contribution in [-0.4, -0.2) is 17.1 Å². The molecule has 2 rings (SSSR count). The van der Waals surface area contributed by atoms with Crippen LogP contribution in [0.5, 0.6) is 5.88 Å². The third-order valence-corrected chi connectivity index (χ3v) is 2.79. The molecule has 1 aromatic carbocycles. The molecular weight excluding hydrogens is 266 g/mol.